The third-order valence-corrected chi connectivity index (χ3v) is 3.02. The minimum atomic E-state index is -0.884. The maximum absolute atomic E-state index is 11.7. The second-order valence-electron chi connectivity index (χ2n) is 4.00. The van der Waals surface area contributed by atoms with Gasteiger partial charge >= 0.3 is 5.69 Å². The van der Waals surface area contributed by atoms with Gasteiger partial charge in [-0.15, -0.1) is 0 Å². The van der Waals surface area contributed by atoms with Crippen LogP contribution in [0.4, 0.5) is 0 Å². The zero-order chi connectivity index (χ0) is 14.0. The van der Waals surface area contributed by atoms with Crippen molar-refractivity contribution in [2.75, 3.05) is 6.61 Å². The largest absolute Gasteiger partial charge is 0.394 e. The molecule has 1 aromatic heterocycles. The maximum Gasteiger partial charge on any atom is 0.347 e. The minimum absolute atomic E-state index is 0.0296. The summed E-state index contributed by atoms with van der Waals surface area (Å²) in [6.45, 7) is -0.357. The van der Waals surface area contributed by atoms with Gasteiger partial charge in [0.15, 0.2) is 6.23 Å². The summed E-state index contributed by atoms with van der Waals surface area (Å²) >= 11 is 3.01. The lowest BCUT2D eigenvalue weighted by molar-refractivity contribution is -0.0507. The van der Waals surface area contributed by atoms with E-state index < -0.39 is 29.7 Å². The molecule has 0 saturated carbocycles. The molecule has 2 rings (SSSR count). The Labute approximate surface area is 115 Å². The minimum Gasteiger partial charge on any atom is -0.394 e. The average molecular weight is 334 g/mol. The lowest BCUT2D eigenvalue weighted by atomic mass is 10.2. The number of nitrogens with one attached hydrogen (secondary N) is 1. The molecule has 0 aliphatic carbocycles. The fourth-order valence-corrected chi connectivity index (χ4v) is 2.07. The highest BCUT2D eigenvalue weighted by molar-refractivity contribution is 9.11. The van der Waals surface area contributed by atoms with Gasteiger partial charge < -0.3 is 14.9 Å². The van der Waals surface area contributed by atoms with E-state index in [0.29, 0.717) is 0 Å². The van der Waals surface area contributed by atoms with Crippen molar-refractivity contribution in [1.29, 1.82) is 0 Å². The highest BCUT2D eigenvalue weighted by Crippen LogP contribution is 2.26. The first-order chi connectivity index (χ1) is 9.06. The van der Waals surface area contributed by atoms with Gasteiger partial charge in [-0.25, -0.2) is 4.79 Å². The Bertz CT molecular complexity index is 596. The Kier molecular flexibility index (Phi) is 4.30. The summed E-state index contributed by atoms with van der Waals surface area (Å²) in [6, 6.07) is 0. The molecular formula is C10H12BrN3O5. The van der Waals surface area contributed by atoms with Gasteiger partial charge in [-0.2, -0.15) is 9.78 Å². The molecule has 2 heterocycles. The van der Waals surface area contributed by atoms with E-state index in [2.05, 4.69) is 26.0 Å². The van der Waals surface area contributed by atoms with E-state index in [1.54, 1.807) is 0 Å². The van der Waals surface area contributed by atoms with Crippen LogP contribution in [0.25, 0.3) is 6.08 Å². The molecule has 0 amide bonds. The Balaban J connectivity index is 2.38. The normalized spacial score (nSPS) is 27.2. The first-order valence-electron chi connectivity index (χ1n) is 5.51. The van der Waals surface area contributed by atoms with Crippen LogP contribution in [0, 0.1) is 0 Å². The number of hydrogen-bond donors (Lipinski definition) is 3. The molecule has 0 aromatic carbocycles. The summed E-state index contributed by atoms with van der Waals surface area (Å²) in [5, 5.41) is 22.5. The maximum atomic E-state index is 11.7. The molecular weight excluding hydrogens is 322 g/mol. The molecule has 0 radical (unpaired) electrons. The highest BCUT2D eigenvalue weighted by Gasteiger charge is 2.35. The fourth-order valence-electron chi connectivity index (χ4n) is 1.82. The zero-order valence-electron chi connectivity index (χ0n) is 9.69. The first kappa shape index (κ1) is 14.1. The SMILES string of the molecule is O=c1[nH]c(=O)n([C@H]2C[C@H](O)[C@@H](CO)O2)nc1C=CBr. The Morgan fingerprint density at radius 2 is 2.32 bits per heavy atom. The van der Waals surface area contributed by atoms with Crippen LogP contribution < -0.4 is 11.2 Å². The molecule has 1 aliphatic rings. The van der Waals surface area contributed by atoms with Gasteiger partial charge in [-0.1, -0.05) is 15.9 Å². The van der Waals surface area contributed by atoms with Crippen molar-refractivity contribution in [3.05, 3.63) is 31.5 Å². The first-order valence-corrected chi connectivity index (χ1v) is 6.42. The molecule has 0 spiro atoms. The zero-order valence-corrected chi connectivity index (χ0v) is 11.3. The number of nitrogens with zero attached hydrogens (tertiary/aromatic N) is 2. The predicted molar refractivity (Wildman–Crippen MR) is 68.7 cm³/mol. The molecule has 19 heavy (non-hydrogen) atoms. The third kappa shape index (κ3) is 2.84. The monoisotopic (exact) mass is 333 g/mol. The van der Waals surface area contributed by atoms with E-state index in [0.717, 1.165) is 4.68 Å². The van der Waals surface area contributed by atoms with Crippen LogP contribution in [-0.2, 0) is 4.74 Å². The van der Waals surface area contributed by atoms with Crippen molar-refractivity contribution in [3.63, 3.8) is 0 Å². The molecule has 0 bridgehead atoms. The fraction of sp³-hybridized carbons (Fsp3) is 0.500. The number of aromatic nitrogens is 3. The summed E-state index contributed by atoms with van der Waals surface area (Å²) in [5.41, 5.74) is -1.32. The summed E-state index contributed by atoms with van der Waals surface area (Å²) < 4.78 is 6.25. The summed E-state index contributed by atoms with van der Waals surface area (Å²) in [5.74, 6) is 0. The number of aromatic amines is 1. The van der Waals surface area contributed by atoms with Crippen LogP contribution >= 0.6 is 15.9 Å². The van der Waals surface area contributed by atoms with E-state index in [4.69, 9.17) is 9.84 Å². The van der Waals surface area contributed by atoms with Gasteiger partial charge in [0.05, 0.1) is 12.7 Å². The third-order valence-electron chi connectivity index (χ3n) is 2.75. The molecule has 8 nitrogen and oxygen atoms in total. The summed E-state index contributed by atoms with van der Waals surface area (Å²) in [6.07, 6.45) is -0.976. The van der Waals surface area contributed by atoms with Crippen molar-refractivity contribution in [3.8, 4) is 0 Å². The standard InChI is InChI=1S/C10H12BrN3O5/c11-2-1-5-9(17)12-10(18)14(13-5)8-3-6(16)7(4-15)19-8/h1-2,6-8,15-16H,3-4H2,(H,12,17,18)/t6-,7+,8+/m0/s1. The molecule has 3 N–H and O–H groups in total. The van der Waals surface area contributed by atoms with Crippen LogP contribution in [0.5, 0.6) is 0 Å². The summed E-state index contributed by atoms with van der Waals surface area (Å²) in [4.78, 5) is 26.7. The van der Waals surface area contributed by atoms with E-state index in [-0.39, 0.29) is 18.7 Å². The van der Waals surface area contributed by atoms with Crippen molar-refractivity contribution >= 4 is 22.0 Å². The van der Waals surface area contributed by atoms with Gasteiger partial charge in [0.25, 0.3) is 5.56 Å². The van der Waals surface area contributed by atoms with Gasteiger partial charge in [0, 0.05) is 6.42 Å². The van der Waals surface area contributed by atoms with E-state index in [9.17, 15) is 14.7 Å². The molecule has 1 aromatic rings. The second kappa shape index (κ2) is 5.78. The van der Waals surface area contributed by atoms with Crippen LogP contribution in [-0.4, -0.2) is 43.8 Å². The molecule has 3 atom stereocenters. The van der Waals surface area contributed by atoms with Crippen LogP contribution in [0.15, 0.2) is 14.6 Å². The van der Waals surface area contributed by atoms with Gasteiger partial charge in [-0.05, 0) is 11.1 Å². The smallest absolute Gasteiger partial charge is 0.347 e. The number of H-pyrrole nitrogens is 1. The quantitative estimate of drug-likeness (QED) is 0.649. The van der Waals surface area contributed by atoms with Crippen molar-refractivity contribution in [2.45, 2.75) is 24.9 Å². The van der Waals surface area contributed by atoms with Crippen molar-refractivity contribution in [1.82, 2.24) is 14.8 Å². The number of aliphatic hydroxyl groups is 2. The topological polar surface area (TPSA) is 117 Å². The summed E-state index contributed by atoms with van der Waals surface area (Å²) in [7, 11) is 0. The van der Waals surface area contributed by atoms with Crippen LogP contribution in [0.3, 0.4) is 0 Å². The van der Waals surface area contributed by atoms with Gasteiger partial charge in [0.1, 0.15) is 11.8 Å². The number of rotatable bonds is 3. The van der Waals surface area contributed by atoms with E-state index in [1.165, 1.54) is 11.1 Å². The molecule has 9 heteroatoms. The van der Waals surface area contributed by atoms with Crippen molar-refractivity contribution in [2.24, 2.45) is 0 Å². The van der Waals surface area contributed by atoms with Crippen LogP contribution in [0.1, 0.15) is 18.3 Å². The Morgan fingerprint density at radius 3 is 2.89 bits per heavy atom. The second-order valence-corrected chi connectivity index (χ2v) is 4.53. The highest BCUT2D eigenvalue weighted by atomic mass is 79.9. The van der Waals surface area contributed by atoms with Gasteiger partial charge in [0.2, 0.25) is 0 Å². The van der Waals surface area contributed by atoms with E-state index >= 15 is 0 Å². The lowest BCUT2D eigenvalue weighted by Gasteiger charge is -2.13. The number of ether oxygens (including phenoxy) is 1. The molecule has 0 unspecified atom stereocenters. The lowest BCUT2D eigenvalue weighted by Crippen LogP contribution is -2.36. The van der Waals surface area contributed by atoms with Crippen molar-refractivity contribution < 1.29 is 14.9 Å². The number of aliphatic hydroxyl groups excluding tert-OH is 2. The van der Waals surface area contributed by atoms with Gasteiger partial charge in [-0.3, -0.25) is 9.78 Å². The molecule has 104 valence electrons. The Morgan fingerprint density at radius 1 is 1.58 bits per heavy atom. The number of halogens is 1. The average Bonchev–Trinajstić information content (AvgIpc) is 2.74. The predicted octanol–water partition coefficient (Wildman–Crippen LogP) is -1.06. The number of hydrogen-bond acceptors (Lipinski definition) is 6. The van der Waals surface area contributed by atoms with E-state index in [1.807, 2.05) is 0 Å². The molecule has 1 aliphatic heterocycles. The Hall–Kier alpha value is -1.29. The molecule has 1 saturated heterocycles. The molecule has 1 fully saturated rings. The van der Waals surface area contributed by atoms with Crippen LogP contribution in [0.2, 0.25) is 0 Å².